The fourth-order valence-electron chi connectivity index (χ4n) is 1.78. The fraction of sp³-hybridized carbons (Fsp3) is 0.727. The van der Waals surface area contributed by atoms with E-state index in [9.17, 15) is 0 Å². The first-order valence-corrected chi connectivity index (χ1v) is 6.10. The summed E-state index contributed by atoms with van der Waals surface area (Å²) >= 11 is 12.3. The molecule has 1 rings (SSSR count). The van der Waals surface area contributed by atoms with Crippen molar-refractivity contribution >= 4 is 23.2 Å². The van der Waals surface area contributed by atoms with Gasteiger partial charge in [-0.05, 0) is 26.2 Å². The van der Waals surface area contributed by atoms with E-state index in [1.807, 2.05) is 25.6 Å². The predicted octanol–water partition coefficient (Wildman–Crippen LogP) is 3.58. The molecule has 86 valence electrons. The molecule has 4 heteroatoms. The largest absolute Gasteiger partial charge is 0.271 e. The summed E-state index contributed by atoms with van der Waals surface area (Å²) in [5.41, 5.74) is 1.99. The number of halogens is 2. The van der Waals surface area contributed by atoms with E-state index < -0.39 is 0 Å². The third kappa shape index (κ3) is 2.88. The number of rotatable bonds is 4. The van der Waals surface area contributed by atoms with Crippen LogP contribution < -0.4 is 0 Å². The third-order valence-electron chi connectivity index (χ3n) is 2.89. The van der Waals surface area contributed by atoms with Crippen LogP contribution in [0.4, 0.5) is 0 Å². The summed E-state index contributed by atoms with van der Waals surface area (Å²) in [6.45, 7) is 6.12. The number of alkyl halides is 1. The fourth-order valence-corrected chi connectivity index (χ4v) is 2.29. The summed E-state index contributed by atoms with van der Waals surface area (Å²) in [6, 6.07) is 0. The van der Waals surface area contributed by atoms with Crippen LogP contribution in [0, 0.1) is 12.8 Å². The number of nitrogens with zero attached hydrogens (tertiary/aromatic N) is 2. The van der Waals surface area contributed by atoms with Gasteiger partial charge in [-0.25, -0.2) is 0 Å². The first-order valence-electron chi connectivity index (χ1n) is 5.29. The molecule has 2 nitrogen and oxygen atoms in total. The highest BCUT2D eigenvalue weighted by atomic mass is 35.5. The summed E-state index contributed by atoms with van der Waals surface area (Å²) in [5.74, 6) is 0.457. The molecular weight excluding hydrogens is 231 g/mol. The van der Waals surface area contributed by atoms with Crippen molar-refractivity contribution < 1.29 is 0 Å². The van der Waals surface area contributed by atoms with Gasteiger partial charge >= 0.3 is 0 Å². The Morgan fingerprint density at radius 1 is 1.47 bits per heavy atom. The van der Waals surface area contributed by atoms with E-state index in [0.717, 1.165) is 29.3 Å². The van der Waals surface area contributed by atoms with Crippen LogP contribution in [0.5, 0.6) is 0 Å². The Bertz CT molecular complexity index is 332. The van der Waals surface area contributed by atoms with Gasteiger partial charge < -0.3 is 0 Å². The second kappa shape index (κ2) is 5.22. The molecule has 2 atom stereocenters. The molecule has 2 unspecified atom stereocenters. The normalized spacial score (nSPS) is 15.3. The maximum atomic E-state index is 6.19. The molecule has 0 aromatic carbocycles. The highest BCUT2D eigenvalue weighted by Crippen LogP contribution is 2.26. The standard InChI is InChI=1S/C11H18Cl2N2/c1-5-9(7(2)12)6-10-11(13)8(3)14-15(10)4/h7,9H,5-6H2,1-4H3. The van der Waals surface area contributed by atoms with Gasteiger partial charge in [0.1, 0.15) is 0 Å². The summed E-state index contributed by atoms with van der Waals surface area (Å²) in [7, 11) is 1.93. The predicted molar refractivity (Wildman–Crippen MR) is 65.8 cm³/mol. The lowest BCUT2D eigenvalue weighted by molar-refractivity contribution is 0.480. The number of aryl methyl sites for hydroxylation is 2. The van der Waals surface area contributed by atoms with E-state index in [0.29, 0.717) is 5.92 Å². The van der Waals surface area contributed by atoms with E-state index in [2.05, 4.69) is 12.0 Å². The van der Waals surface area contributed by atoms with Crippen LogP contribution in [-0.4, -0.2) is 15.2 Å². The zero-order valence-electron chi connectivity index (χ0n) is 9.72. The lowest BCUT2D eigenvalue weighted by Gasteiger charge is -2.17. The van der Waals surface area contributed by atoms with Crippen molar-refractivity contribution in [3.8, 4) is 0 Å². The van der Waals surface area contributed by atoms with Crippen molar-refractivity contribution in [2.45, 2.75) is 39.0 Å². The van der Waals surface area contributed by atoms with Crippen molar-refractivity contribution in [2.24, 2.45) is 13.0 Å². The monoisotopic (exact) mass is 248 g/mol. The molecule has 0 fully saturated rings. The van der Waals surface area contributed by atoms with Gasteiger partial charge in [-0.3, -0.25) is 4.68 Å². The first kappa shape index (κ1) is 12.9. The van der Waals surface area contributed by atoms with Crippen LogP contribution in [0.3, 0.4) is 0 Å². The van der Waals surface area contributed by atoms with Crippen molar-refractivity contribution in [3.05, 3.63) is 16.4 Å². The van der Waals surface area contributed by atoms with E-state index >= 15 is 0 Å². The van der Waals surface area contributed by atoms with Crippen molar-refractivity contribution in [1.29, 1.82) is 0 Å². The Morgan fingerprint density at radius 2 is 2.07 bits per heavy atom. The Balaban J connectivity index is 2.88. The Labute approximate surface area is 102 Å². The van der Waals surface area contributed by atoms with E-state index in [4.69, 9.17) is 23.2 Å². The van der Waals surface area contributed by atoms with Crippen molar-refractivity contribution in [1.82, 2.24) is 9.78 Å². The molecule has 0 aliphatic rings. The number of hydrogen-bond donors (Lipinski definition) is 0. The topological polar surface area (TPSA) is 17.8 Å². The molecule has 0 saturated carbocycles. The second-order valence-corrected chi connectivity index (χ2v) is 5.09. The lowest BCUT2D eigenvalue weighted by atomic mass is 9.97. The molecule has 1 heterocycles. The molecule has 0 bridgehead atoms. The molecular formula is C11H18Cl2N2. The molecule has 0 spiro atoms. The van der Waals surface area contributed by atoms with Gasteiger partial charge in [-0.15, -0.1) is 11.6 Å². The molecule has 0 amide bonds. The zero-order chi connectivity index (χ0) is 11.6. The molecule has 0 saturated heterocycles. The second-order valence-electron chi connectivity index (χ2n) is 4.02. The Morgan fingerprint density at radius 3 is 2.40 bits per heavy atom. The van der Waals surface area contributed by atoms with Crippen molar-refractivity contribution in [2.75, 3.05) is 0 Å². The Kier molecular flexibility index (Phi) is 4.47. The van der Waals surface area contributed by atoms with Crippen LogP contribution >= 0.6 is 23.2 Å². The molecule has 15 heavy (non-hydrogen) atoms. The van der Waals surface area contributed by atoms with Gasteiger partial charge in [0.2, 0.25) is 0 Å². The SMILES string of the molecule is CCC(Cc1c(Cl)c(C)nn1C)C(C)Cl. The van der Waals surface area contributed by atoms with Crippen LogP contribution in [-0.2, 0) is 13.5 Å². The Hall–Kier alpha value is -0.210. The van der Waals surface area contributed by atoms with Gasteiger partial charge in [-0.1, -0.05) is 24.9 Å². The molecule has 0 radical (unpaired) electrons. The summed E-state index contributed by atoms with van der Waals surface area (Å²) < 4.78 is 1.86. The van der Waals surface area contributed by atoms with Crippen LogP contribution in [0.1, 0.15) is 31.7 Å². The third-order valence-corrected chi connectivity index (χ3v) is 3.74. The van der Waals surface area contributed by atoms with E-state index in [1.54, 1.807) is 0 Å². The van der Waals surface area contributed by atoms with Crippen LogP contribution in [0.15, 0.2) is 0 Å². The summed E-state index contributed by atoms with van der Waals surface area (Å²) in [4.78, 5) is 0. The molecule has 0 aliphatic heterocycles. The van der Waals surface area contributed by atoms with Crippen molar-refractivity contribution in [3.63, 3.8) is 0 Å². The molecule has 1 aromatic rings. The van der Waals surface area contributed by atoms with Gasteiger partial charge in [0, 0.05) is 12.4 Å². The van der Waals surface area contributed by atoms with Gasteiger partial charge in [-0.2, -0.15) is 5.10 Å². The highest BCUT2D eigenvalue weighted by Gasteiger charge is 2.19. The summed E-state index contributed by atoms with van der Waals surface area (Å²) in [6.07, 6.45) is 1.96. The lowest BCUT2D eigenvalue weighted by Crippen LogP contribution is -2.15. The molecule has 0 N–H and O–H groups in total. The number of hydrogen-bond acceptors (Lipinski definition) is 1. The van der Waals surface area contributed by atoms with Crippen LogP contribution in [0.25, 0.3) is 0 Å². The van der Waals surface area contributed by atoms with Gasteiger partial charge in [0.15, 0.2) is 0 Å². The minimum atomic E-state index is 0.168. The number of aromatic nitrogens is 2. The average Bonchev–Trinajstić information content (AvgIpc) is 2.39. The first-order chi connectivity index (χ1) is 6.97. The van der Waals surface area contributed by atoms with E-state index in [-0.39, 0.29) is 5.38 Å². The average molecular weight is 249 g/mol. The maximum absolute atomic E-state index is 6.19. The smallest absolute Gasteiger partial charge is 0.0847 e. The maximum Gasteiger partial charge on any atom is 0.0847 e. The summed E-state index contributed by atoms with van der Waals surface area (Å²) in [5, 5.41) is 5.25. The minimum Gasteiger partial charge on any atom is -0.271 e. The quantitative estimate of drug-likeness (QED) is 0.746. The van der Waals surface area contributed by atoms with Gasteiger partial charge in [0.05, 0.1) is 16.4 Å². The minimum absolute atomic E-state index is 0.168. The zero-order valence-corrected chi connectivity index (χ0v) is 11.2. The molecule has 0 aliphatic carbocycles. The van der Waals surface area contributed by atoms with Gasteiger partial charge in [0.25, 0.3) is 0 Å². The van der Waals surface area contributed by atoms with E-state index in [1.165, 1.54) is 0 Å². The van der Waals surface area contributed by atoms with Crippen LogP contribution in [0.2, 0.25) is 5.02 Å². The highest BCUT2D eigenvalue weighted by molar-refractivity contribution is 6.31. The molecule has 1 aromatic heterocycles.